The fraction of sp³-hybridized carbons (Fsp3) is 0.333. The van der Waals surface area contributed by atoms with Gasteiger partial charge in [-0.25, -0.2) is 0 Å². The van der Waals surface area contributed by atoms with Gasteiger partial charge in [0.15, 0.2) is 0 Å². The van der Waals surface area contributed by atoms with E-state index in [1.165, 1.54) is 22.3 Å². The van der Waals surface area contributed by atoms with Crippen molar-refractivity contribution >= 4 is 0 Å². The summed E-state index contributed by atoms with van der Waals surface area (Å²) in [7, 11) is 1.70. The third-order valence-corrected chi connectivity index (χ3v) is 3.53. The maximum absolute atomic E-state index is 6.37. The molecule has 0 saturated heterocycles. The van der Waals surface area contributed by atoms with Crippen LogP contribution in [0.3, 0.4) is 0 Å². The molecule has 0 saturated carbocycles. The number of benzene rings is 2. The Kier molecular flexibility index (Phi) is 4.46. The number of ether oxygens (including phenoxy) is 1. The molecule has 2 heteroatoms. The van der Waals surface area contributed by atoms with E-state index in [4.69, 9.17) is 10.5 Å². The molecule has 0 spiro atoms. The van der Waals surface area contributed by atoms with Crippen LogP contribution in [0.2, 0.25) is 0 Å². The molecule has 2 aromatic carbocycles. The van der Waals surface area contributed by atoms with Gasteiger partial charge in [0.2, 0.25) is 0 Å². The van der Waals surface area contributed by atoms with Crippen molar-refractivity contribution in [1.82, 2.24) is 0 Å². The summed E-state index contributed by atoms with van der Waals surface area (Å²) >= 11 is 0. The summed E-state index contributed by atoms with van der Waals surface area (Å²) in [4.78, 5) is 0. The molecule has 1 atom stereocenters. The van der Waals surface area contributed by atoms with Crippen LogP contribution in [0.15, 0.2) is 36.4 Å². The molecule has 0 heterocycles. The first-order valence-corrected chi connectivity index (χ1v) is 6.97. The van der Waals surface area contributed by atoms with Crippen LogP contribution in [0.4, 0.5) is 0 Å². The minimum atomic E-state index is -0.0493. The Balaban J connectivity index is 2.25. The second-order valence-electron chi connectivity index (χ2n) is 5.55. The summed E-state index contributed by atoms with van der Waals surface area (Å²) in [5.41, 5.74) is 12.5. The van der Waals surface area contributed by atoms with Crippen molar-refractivity contribution in [2.75, 3.05) is 7.11 Å². The van der Waals surface area contributed by atoms with Crippen LogP contribution in [0.5, 0.6) is 5.75 Å². The maximum atomic E-state index is 6.37. The van der Waals surface area contributed by atoms with Gasteiger partial charge in [0.25, 0.3) is 0 Å². The molecule has 20 heavy (non-hydrogen) atoms. The third-order valence-electron chi connectivity index (χ3n) is 3.53. The van der Waals surface area contributed by atoms with Crippen LogP contribution in [-0.4, -0.2) is 7.11 Å². The monoisotopic (exact) mass is 269 g/mol. The summed E-state index contributed by atoms with van der Waals surface area (Å²) in [6.45, 7) is 6.30. The van der Waals surface area contributed by atoms with Crippen LogP contribution < -0.4 is 10.5 Å². The molecular formula is C18H23NO. The molecule has 106 valence electrons. The van der Waals surface area contributed by atoms with Crippen LogP contribution in [0, 0.1) is 20.8 Å². The lowest BCUT2D eigenvalue weighted by Gasteiger charge is -2.17. The van der Waals surface area contributed by atoms with E-state index in [0.29, 0.717) is 0 Å². The smallest absolute Gasteiger partial charge is 0.123 e. The molecule has 2 N–H and O–H groups in total. The van der Waals surface area contributed by atoms with E-state index < -0.39 is 0 Å². The zero-order valence-corrected chi connectivity index (χ0v) is 12.7. The zero-order valence-electron chi connectivity index (χ0n) is 12.7. The van der Waals surface area contributed by atoms with E-state index in [1.807, 2.05) is 6.07 Å². The lowest BCUT2D eigenvalue weighted by molar-refractivity contribution is 0.405. The molecule has 0 amide bonds. The molecule has 0 bridgehead atoms. The van der Waals surface area contributed by atoms with E-state index in [2.05, 4.69) is 51.1 Å². The SMILES string of the molecule is COc1cc(C)ccc1C(N)Cc1cc(C)cc(C)c1. The number of methoxy groups -OCH3 is 1. The Morgan fingerprint density at radius 2 is 1.60 bits per heavy atom. The highest BCUT2D eigenvalue weighted by atomic mass is 16.5. The van der Waals surface area contributed by atoms with Gasteiger partial charge in [0, 0.05) is 11.6 Å². The van der Waals surface area contributed by atoms with Crippen molar-refractivity contribution in [3.63, 3.8) is 0 Å². The molecule has 0 aromatic heterocycles. The highest BCUT2D eigenvalue weighted by Gasteiger charge is 2.13. The first-order chi connectivity index (χ1) is 9.49. The molecule has 2 aromatic rings. The van der Waals surface area contributed by atoms with Crippen molar-refractivity contribution in [3.05, 3.63) is 64.2 Å². The van der Waals surface area contributed by atoms with E-state index >= 15 is 0 Å². The average Bonchev–Trinajstić information content (AvgIpc) is 2.37. The van der Waals surface area contributed by atoms with Gasteiger partial charge >= 0.3 is 0 Å². The van der Waals surface area contributed by atoms with Gasteiger partial charge in [-0.2, -0.15) is 0 Å². The second-order valence-corrected chi connectivity index (χ2v) is 5.55. The Bertz CT molecular complexity index is 584. The largest absolute Gasteiger partial charge is 0.496 e. The fourth-order valence-corrected chi connectivity index (χ4v) is 2.68. The van der Waals surface area contributed by atoms with E-state index in [9.17, 15) is 0 Å². The Hall–Kier alpha value is -1.80. The van der Waals surface area contributed by atoms with Crippen molar-refractivity contribution in [2.45, 2.75) is 33.2 Å². The van der Waals surface area contributed by atoms with E-state index in [1.54, 1.807) is 7.11 Å². The minimum Gasteiger partial charge on any atom is -0.496 e. The summed E-state index contributed by atoms with van der Waals surface area (Å²) in [5, 5.41) is 0. The third kappa shape index (κ3) is 3.40. The van der Waals surface area contributed by atoms with Crippen LogP contribution in [-0.2, 0) is 6.42 Å². The number of rotatable bonds is 4. The molecular weight excluding hydrogens is 246 g/mol. The fourth-order valence-electron chi connectivity index (χ4n) is 2.68. The summed E-state index contributed by atoms with van der Waals surface area (Å²) in [6.07, 6.45) is 0.821. The lowest BCUT2D eigenvalue weighted by atomic mass is 9.96. The summed E-state index contributed by atoms with van der Waals surface area (Å²) in [5.74, 6) is 0.877. The van der Waals surface area contributed by atoms with Crippen molar-refractivity contribution in [2.24, 2.45) is 5.73 Å². The minimum absolute atomic E-state index is 0.0493. The van der Waals surface area contributed by atoms with Gasteiger partial charge in [-0.15, -0.1) is 0 Å². The van der Waals surface area contributed by atoms with Crippen molar-refractivity contribution in [3.8, 4) is 5.75 Å². The van der Waals surface area contributed by atoms with Gasteiger partial charge < -0.3 is 10.5 Å². The number of hydrogen-bond acceptors (Lipinski definition) is 2. The van der Waals surface area contributed by atoms with E-state index in [0.717, 1.165) is 17.7 Å². The van der Waals surface area contributed by atoms with Crippen LogP contribution >= 0.6 is 0 Å². The number of hydrogen-bond donors (Lipinski definition) is 1. The Morgan fingerprint density at radius 1 is 0.950 bits per heavy atom. The van der Waals surface area contributed by atoms with Gasteiger partial charge in [0.1, 0.15) is 5.75 Å². The first-order valence-electron chi connectivity index (χ1n) is 6.97. The highest BCUT2D eigenvalue weighted by molar-refractivity contribution is 5.40. The maximum Gasteiger partial charge on any atom is 0.123 e. The van der Waals surface area contributed by atoms with Gasteiger partial charge in [-0.05, 0) is 44.4 Å². The molecule has 0 aliphatic carbocycles. The summed E-state index contributed by atoms with van der Waals surface area (Å²) < 4.78 is 5.45. The van der Waals surface area contributed by atoms with E-state index in [-0.39, 0.29) is 6.04 Å². The molecule has 0 aliphatic heterocycles. The molecule has 0 radical (unpaired) electrons. The Labute approximate surface area is 121 Å². The zero-order chi connectivity index (χ0) is 14.7. The van der Waals surface area contributed by atoms with Crippen molar-refractivity contribution in [1.29, 1.82) is 0 Å². The first kappa shape index (κ1) is 14.6. The molecule has 2 rings (SSSR count). The number of nitrogens with two attached hydrogens (primary N) is 1. The molecule has 1 unspecified atom stereocenters. The number of aryl methyl sites for hydroxylation is 3. The highest BCUT2D eigenvalue weighted by Crippen LogP contribution is 2.27. The van der Waals surface area contributed by atoms with Crippen LogP contribution in [0.25, 0.3) is 0 Å². The predicted molar refractivity (Wildman–Crippen MR) is 84.3 cm³/mol. The van der Waals surface area contributed by atoms with Crippen molar-refractivity contribution < 1.29 is 4.74 Å². The average molecular weight is 269 g/mol. The molecule has 0 aliphatic rings. The quantitative estimate of drug-likeness (QED) is 0.914. The lowest BCUT2D eigenvalue weighted by Crippen LogP contribution is -2.14. The molecule has 0 fully saturated rings. The Morgan fingerprint density at radius 3 is 2.20 bits per heavy atom. The predicted octanol–water partition coefficient (Wildman–Crippen LogP) is 3.86. The van der Waals surface area contributed by atoms with Gasteiger partial charge in [-0.1, -0.05) is 41.5 Å². The molecule has 2 nitrogen and oxygen atoms in total. The standard InChI is InChI=1S/C18H23NO/c1-12-5-6-16(18(10-12)20-4)17(19)11-15-8-13(2)7-14(3)9-15/h5-10,17H,11,19H2,1-4H3. The van der Waals surface area contributed by atoms with Crippen LogP contribution in [0.1, 0.15) is 33.9 Å². The van der Waals surface area contributed by atoms with Gasteiger partial charge in [0.05, 0.1) is 7.11 Å². The summed E-state index contributed by atoms with van der Waals surface area (Å²) in [6, 6.07) is 12.7. The topological polar surface area (TPSA) is 35.2 Å². The second kappa shape index (κ2) is 6.10. The van der Waals surface area contributed by atoms with Gasteiger partial charge in [-0.3, -0.25) is 0 Å². The normalized spacial score (nSPS) is 12.2.